The number of furan rings is 1. The number of ether oxygens (including phenoxy) is 1. The Bertz CT molecular complexity index is 326. The maximum absolute atomic E-state index is 10.7. The number of carboxylic acid groups (broad SMARTS) is 1. The topological polar surface area (TPSA) is 79.9 Å². The molecule has 1 heterocycles. The predicted octanol–water partition coefficient (Wildman–Crippen LogP) is 0.832. The van der Waals surface area contributed by atoms with E-state index >= 15 is 0 Å². The number of hydrogen-bond acceptors (Lipinski definition) is 4. The minimum Gasteiger partial charge on any atom is -0.478 e. The number of aromatic carboxylic acids is 1. The number of carbonyl (C=O) groups is 1. The summed E-state index contributed by atoms with van der Waals surface area (Å²) in [5, 5.41) is 18.6. The van der Waals surface area contributed by atoms with E-state index in [4.69, 9.17) is 14.3 Å². The molecule has 1 rings (SSSR count). The summed E-state index contributed by atoms with van der Waals surface area (Å²) in [5.41, 5.74) is -1.47. The van der Waals surface area contributed by atoms with Gasteiger partial charge >= 0.3 is 5.97 Å². The van der Waals surface area contributed by atoms with E-state index in [1.54, 1.807) is 0 Å². The van der Waals surface area contributed by atoms with Gasteiger partial charge in [0.05, 0.1) is 12.9 Å². The molecule has 0 aliphatic carbocycles. The zero-order chi connectivity index (χ0) is 10.8. The van der Waals surface area contributed by atoms with E-state index in [9.17, 15) is 9.90 Å². The second-order valence-corrected chi connectivity index (χ2v) is 3.18. The normalized spacial score (nSPS) is 15.1. The van der Waals surface area contributed by atoms with Gasteiger partial charge in [0.25, 0.3) is 0 Å². The molecule has 14 heavy (non-hydrogen) atoms. The smallest absolute Gasteiger partial charge is 0.339 e. The van der Waals surface area contributed by atoms with Crippen molar-refractivity contribution in [2.75, 3.05) is 13.7 Å². The zero-order valence-corrected chi connectivity index (χ0v) is 7.98. The molecular weight excluding hydrogens is 188 g/mol. The highest BCUT2D eigenvalue weighted by molar-refractivity contribution is 5.88. The number of rotatable bonds is 4. The highest BCUT2D eigenvalue weighted by atomic mass is 16.5. The summed E-state index contributed by atoms with van der Waals surface area (Å²) in [6.45, 7) is 1.41. The molecule has 0 fully saturated rings. The fourth-order valence-corrected chi connectivity index (χ4v) is 1.24. The first-order chi connectivity index (χ1) is 6.49. The first-order valence-corrected chi connectivity index (χ1v) is 4.01. The van der Waals surface area contributed by atoms with Crippen LogP contribution in [0, 0.1) is 0 Å². The van der Waals surface area contributed by atoms with Crippen molar-refractivity contribution in [3.05, 3.63) is 23.7 Å². The molecule has 0 bridgehead atoms. The van der Waals surface area contributed by atoms with Gasteiger partial charge in [0.1, 0.15) is 11.2 Å². The monoisotopic (exact) mass is 200 g/mol. The molecule has 0 saturated carbocycles. The van der Waals surface area contributed by atoms with E-state index in [1.807, 2.05) is 0 Å². The average molecular weight is 200 g/mol. The predicted molar refractivity (Wildman–Crippen MR) is 47.1 cm³/mol. The van der Waals surface area contributed by atoms with Crippen LogP contribution in [0.1, 0.15) is 23.0 Å². The summed E-state index contributed by atoms with van der Waals surface area (Å²) in [4.78, 5) is 10.7. The summed E-state index contributed by atoms with van der Waals surface area (Å²) < 4.78 is 9.69. The summed E-state index contributed by atoms with van der Waals surface area (Å²) in [6.07, 6.45) is 1.23. The highest BCUT2D eigenvalue weighted by Gasteiger charge is 2.31. The summed E-state index contributed by atoms with van der Waals surface area (Å²) in [7, 11) is 1.41. The third-order valence-corrected chi connectivity index (χ3v) is 1.81. The van der Waals surface area contributed by atoms with Crippen molar-refractivity contribution in [1.29, 1.82) is 0 Å². The van der Waals surface area contributed by atoms with E-state index in [1.165, 1.54) is 26.4 Å². The summed E-state index contributed by atoms with van der Waals surface area (Å²) >= 11 is 0. The van der Waals surface area contributed by atoms with Crippen LogP contribution in [0.3, 0.4) is 0 Å². The number of carboxylic acids is 1. The Hall–Kier alpha value is -1.33. The molecule has 2 N–H and O–H groups in total. The second-order valence-electron chi connectivity index (χ2n) is 3.18. The lowest BCUT2D eigenvalue weighted by Crippen LogP contribution is -2.28. The van der Waals surface area contributed by atoms with Crippen molar-refractivity contribution < 1.29 is 24.2 Å². The van der Waals surface area contributed by atoms with Crippen LogP contribution < -0.4 is 0 Å². The van der Waals surface area contributed by atoms with Crippen molar-refractivity contribution in [2.45, 2.75) is 12.5 Å². The SMILES string of the molecule is COCC(C)(O)c1occc1C(=O)O. The molecule has 0 aliphatic heterocycles. The van der Waals surface area contributed by atoms with Crippen LogP contribution in [-0.4, -0.2) is 29.9 Å². The van der Waals surface area contributed by atoms with E-state index < -0.39 is 11.6 Å². The molecule has 5 heteroatoms. The Kier molecular flexibility index (Phi) is 2.93. The van der Waals surface area contributed by atoms with E-state index in [0.717, 1.165) is 0 Å². The zero-order valence-electron chi connectivity index (χ0n) is 7.98. The van der Waals surface area contributed by atoms with Crippen LogP contribution in [0.25, 0.3) is 0 Å². The molecular formula is C9H12O5. The van der Waals surface area contributed by atoms with Crippen LogP contribution in [0.4, 0.5) is 0 Å². The van der Waals surface area contributed by atoms with Gasteiger partial charge in [-0.25, -0.2) is 4.79 Å². The molecule has 1 unspecified atom stereocenters. The van der Waals surface area contributed by atoms with Crippen molar-refractivity contribution in [2.24, 2.45) is 0 Å². The van der Waals surface area contributed by atoms with Gasteiger partial charge in [-0.2, -0.15) is 0 Å². The van der Waals surface area contributed by atoms with Crippen LogP contribution in [-0.2, 0) is 10.3 Å². The maximum atomic E-state index is 10.7. The second kappa shape index (κ2) is 3.81. The van der Waals surface area contributed by atoms with Crippen LogP contribution in [0.5, 0.6) is 0 Å². The van der Waals surface area contributed by atoms with Gasteiger partial charge in [-0.15, -0.1) is 0 Å². The maximum Gasteiger partial charge on any atom is 0.339 e. The first kappa shape index (κ1) is 10.7. The molecule has 0 aromatic carbocycles. The third kappa shape index (κ3) is 1.94. The Morgan fingerprint density at radius 1 is 1.71 bits per heavy atom. The van der Waals surface area contributed by atoms with Gasteiger partial charge < -0.3 is 19.4 Å². The largest absolute Gasteiger partial charge is 0.478 e. The molecule has 0 amide bonds. The van der Waals surface area contributed by atoms with Crippen molar-refractivity contribution in [1.82, 2.24) is 0 Å². The van der Waals surface area contributed by atoms with E-state index in [0.29, 0.717) is 0 Å². The average Bonchev–Trinajstić information content (AvgIpc) is 2.51. The molecule has 0 saturated heterocycles. The van der Waals surface area contributed by atoms with E-state index in [2.05, 4.69) is 0 Å². The van der Waals surface area contributed by atoms with Crippen LogP contribution >= 0.6 is 0 Å². The fraction of sp³-hybridized carbons (Fsp3) is 0.444. The van der Waals surface area contributed by atoms with Gasteiger partial charge in [-0.3, -0.25) is 0 Å². The Balaban J connectivity index is 3.05. The molecule has 1 aromatic heterocycles. The number of hydrogen-bond donors (Lipinski definition) is 2. The number of aliphatic hydroxyl groups is 1. The fourth-order valence-electron chi connectivity index (χ4n) is 1.24. The number of methoxy groups -OCH3 is 1. The summed E-state index contributed by atoms with van der Waals surface area (Å²) in [6, 6.07) is 1.29. The molecule has 1 aromatic rings. The first-order valence-electron chi connectivity index (χ1n) is 4.01. The lowest BCUT2D eigenvalue weighted by Gasteiger charge is -2.20. The molecule has 0 radical (unpaired) electrons. The molecule has 1 atom stereocenters. The van der Waals surface area contributed by atoms with Gasteiger partial charge in [-0.05, 0) is 13.0 Å². The lowest BCUT2D eigenvalue weighted by molar-refractivity contribution is -0.0367. The van der Waals surface area contributed by atoms with Gasteiger partial charge in [0, 0.05) is 7.11 Å². The van der Waals surface area contributed by atoms with Crippen molar-refractivity contribution in [3.63, 3.8) is 0 Å². The lowest BCUT2D eigenvalue weighted by atomic mass is 10.0. The molecule has 0 spiro atoms. The van der Waals surface area contributed by atoms with Gasteiger partial charge in [0.2, 0.25) is 0 Å². The van der Waals surface area contributed by atoms with Crippen molar-refractivity contribution in [3.8, 4) is 0 Å². The molecule has 78 valence electrons. The standard InChI is InChI=1S/C9H12O5/c1-9(12,5-13-2)7-6(8(10)11)3-4-14-7/h3-4,12H,5H2,1-2H3,(H,10,11). The molecule has 0 aliphatic rings. The summed E-state index contributed by atoms with van der Waals surface area (Å²) in [5.74, 6) is -1.13. The van der Waals surface area contributed by atoms with Crippen LogP contribution in [0.2, 0.25) is 0 Å². The minimum absolute atomic E-state index is 0.00634. The van der Waals surface area contributed by atoms with Gasteiger partial charge in [-0.1, -0.05) is 0 Å². The van der Waals surface area contributed by atoms with Crippen molar-refractivity contribution >= 4 is 5.97 Å². The van der Waals surface area contributed by atoms with E-state index in [-0.39, 0.29) is 17.9 Å². The minimum atomic E-state index is -1.42. The Morgan fingerprint density at radius 3 is 2.86 bits per heavy atom. The Morgan fingerprint density at radius 2 is 2.36 bits per heavy atom. The third-order valence-electron chi connectivity index (χ3n) is 1.81. The highest BCUT2D eigenvalue weighted by Crippen LogP contribution is 2.25. The van der Waals surface area contributed by atoms with Crippen LogP contribution in [0.15, 0.2) is 16.7 Å². The molecule has 5 nitrogen and oxygen atoms in total. The quantitative estimate of drug-likeness (QED) is 0.752. The Labute approximate surface area is 80.9 Å². The van der Waals surface area contributed by atoms with Gasteiger partial charge in [0.15, 0.2) is 5.76 Å².